The first-order valence-electron chi connectivity index (χ1n) is 9.49. The van der Waals surface area contributed by atoms with Crippen LogP contribution in [0.4, 0.5) is 0 Å². The van der Waals surface area contributed by atoms with Crippen molar-refractivity contribution in [3.63, 3.8) is 0 Å². The van der Waals surface area contributed by atoms with Gasteiger partial charge in [-0.15, -0.1) is 0 Å². The zero-order valence-corrected chi connectivity index (χ0v) is 16.5. The summed E-state index contributed by atoms with van der Waals surface area (Å²) < 4.78 is 16.6. The van der Waals surface area contributed by atoms with E-state index in [1.165, 1.54) is 6.92 Å². The van der Waals surface area contributed by atoms with E-state index in [2.05, 4.69) is 0 Å². The van der Waals surface area contributed by atoms with Crippen LogP contribution in [0.2, 0.25) is 0 Å². The monoisotopic (exact) mass is 448 g/mol. The summed E-state index contributed by atoms with van der Waals surface area (Å²) in [6, 6.07) is 5.09. The third kappa shape index (κ3) is 3.67. The number of hydrogen-bond acceptors (Lipinski definition) is 11. The summed E-state index contributed by atoms with van der Waals surface area (Å²) >= 11 is 0. The van der Waals surface area contributed by atoms with E-state index in [1.807, 2.05) is 0 Å². The molecule has 0 amide bonds. The molecule has 5 atom stereocenters. The molecule has 1 aliphatic heterocycles. The van der Waals surface area contributed by atoms with Crippen LogP contribution >= 0.6 is 0 Å². The molecule has 0 radical (unpaired) electrons. The van der Waals surface area contributed by atoms with Crippen molar-refractivity contribution in [1.29, 1.82) is 0 Å². The molecule has 11 heteroatoms. The highest BCUT2D eigenvalue weighted by atomic mass is 16.7. The minimum absolute atomic E-state index is 0.0498. The molecule has 32 heavy (non-hydrogen) atoms. The average molecular weight is 448 g/mol. The summed E-state index contributed by atoms with van der Waals surface area (Å²) in [7, 11) is 0. The largest absolute Gasteiger partial charge is 0.508 e. The van der Waals surface area contributed by atoms with Crippen LogP contribution in [0.1, 0.15) is 6.92 Å². The van der Waals surface area contributed by atoms with Crippen molar-refractivity contribution in [2.45, 2.75) is 37.6 Å². The van der Waals surface area contributed by atoms with Gasteiger partial charge in [-0.25, -0.2) is 0 Å². The van der Waals surface area contributed by atoms with E-state index in [9.17, 15) is 40.5 Å². The minimum atomic E-state index is -1.66. The Hall–Kier alpha value is -3.51. The Morgan fingerprint density at radius 3 is 2.25 bits per heavy atom. The Balaban J connectivity index is 1.82. The van der Waals surface area contributed by atoms with Crippen molar-refractivity contribution in [3.8, 4) is 40.1 Å². The molecule has 3 aromatic rings. The molecule has 0 aliphatic carbocycles. The lowest BCUT2D eigenvalue weighted by atomic mass is 10.00. The van der Waals surface area contributed by atoms with Crippen molar-refractivity contribution in [1.82, 2.24) is 0 Å². The van der Waals surface area contributed by atoms with E-state index >= 15 is 0 Å². The zero-order chi connectivity index (χ0) is 23.3. The van der Waals surface area contributed by atoms with Gasteiger partial charge >= 0.3 is 0 Å². The standard InChI is InChI=1S/C21H20O11/c1-7-18(27)19(28)20(29)21(30-7)32-15-5-11(24)10(23)4-9(15)14-6-13(26)17-12(25)2-8(22)3-16(17)31-14/h2-7,18-25,27-29H,1H3. The second-order valence-electron chi connectivity index (χ2n) is 7.45. The van der Waals surface area contributed by atoms with Gasteiger partial charge in [0.2, 0.25) is 6.29 Å². The van der Waals surface area contributed by atoms with Gasteiger partial charge in [0.25, 0.3) is 0 Å². The number of phenolic OH excluding ortho intramolecular Hbond substituents is 4. The van der Waals surface area contributed by atoms with Gasteiger partial charge < -0.3 is 49.6 Å². The molecule has 7 N–H and O–H groups in total. The smallest absolute Gasteiger partial charge is 0.229 e. The zero-order valence-electron chi connectivity index (χ0n) is 16.5. The van der Waals surface area contributed by atoms with Crippen LogP contribution in [0, 0.1) is 0 Å². The number of aliphatic hydroxyl groups excluding tert-OH is 3. The Bertz CT molecular complexity index is 1230. The highest BCUT2D eigenvalue weighted by molar-refractivity contribution is 5.86. The summed E-state index contributed by atoms with van der Waals surface area (Å²) in [5, 5.41) is 69.4. The number of phenols is 4. The van der Waals surface area contributed by atoms with E-state index in [-0.39, 0.29) is 33.8 Å². The molecule has 0 saturated carbocycles. The van der Waals surface area contributed by atoms with Crippen LogP contribution in [-0.2, 0) is 4.74 Å². The Morgan fingerprint density at radius 2 is 1.53 bits per heavy atom. The maximum atomic E-state index is 12.6. The first kappa shape index (κ1) is 21.7. The normalized spacial score (nSPS) is 25.7. The number of aromatic hydroxyl groups is 4. The maximum Gasteiger partial charge on any atom is 0.229 e. The second-order valence-corrected chi connectivity index (χ2v) is 7.45. The van der Waals surface area contributed by atoms with Gasteiger partial charge in [0.15, 0.2) is 16.9 Å². The van der Waals surface area contributed by atoms with Crippen LogP contribution in [0.15, 0.2) is 39.5 Å². The Morgan fingerprint density at radius 1 is 0.844 bits per heavy atom. The lowest BCUT2D eigenvalue weighted by Crippen LogP contribution is -2.58. The molecule has 2 heterocycles. The second kappa shape index (κ2) is 7.88. The highest BCUT2D eigenvalue weighted by Gasteiger charge is 2.43. The van der Waals surface area contributed by atoms with Crippen molar-refractivity contribution in [3.05, 3.63) is 40.6 Å². The number of fused-ring (bicyclic) bond motifs is 1. The predicted octanol–water partition coefficient (Wildman–Crippen LogP) is 0.489. The minimum Gasteiger partial charge on any atom is -0.508 e. The van der Waals surface area contributed by atoms with E-state index in [4.69, 9.17) is 13.9 Å². The van der Waals surface area contributed by atoms with Crippen LogP contribution in [0.3, 0.4) is 0 Å². The number of aliphatic hydroxyl groups is 3. The Labute approximate surface area is 179 Å². The summed E-state index contributed by atoms with van der Waals surface area (Å²) in [6.45, 7) is 1.45. The molecule has 5 unspecified atom stereocenters. The fourth-order valence-electron chi connectivity index (χ4n) is 3.47. The SMILES string of the molecule is CC1OC(Oc2cc(O)c(O)cc2-c2cc(=O)c3c(O)cc(O)cc3o2)C(O)C(O)C1O. The van der Waals surface area contributed by atoms with Crippen molar-refractivity contribution < 1.29 is 49.6 Å². The third-order valence-corrected chi connectivity index (χ3v) is 5.19. The molecular formula is C21H20O11. The van der Waals surface area contributed by atoms with Crippen LogP contribution in [-0.4, -0.2) is 66.5 Å². The molecule has 1 fully saturated rings. The molecule has 11 nitrogen and oxygen atoms in total. The number of benzene rings is 2. The van der Waals surface area contributed by atoms with Crippen LogP contribution < -0.4 is 10.2 Å². The first-order valence-corrected chi connectivity index (χ1v) is 9.49. The molecule has 170 valence electrons. The van der Waals surface area contributed by atoms with Gasteiger partial charge in [-0.3, -0.25) is 4.79 Å². The molecule has 1 aromatic heterocycles. The fraction of sp³-hybridized carbons (Fsp3) is 0.286. The summed E-state index contributed by atoms with van der Waals surface area (Å²) in [5.74, 6) is -2.40. The number of rotatable bonds is 3. The van der Waals surface area contributed by atoms with Gasteiger partial charge in [-0.05, 0) is 13.0 Å². The van der Waals surface area contributed by atoms with Crippen LogP contribution in [0.25, 0.3) is 22.3 Å². The Kier molecular flexibility index (Phi) is 5.34. The molecule has 0 bridgehead atoms. The van der Waals surface area contributed by atoms with Gasteiger partial charge in [-0.2, -0.15) is 0 Å². The van der Waals surface area contributed by atoms with E-state index in [0.29, 0.717) is 0 Å². The molecule has 4 rings (SSSR count). The molecular weight excluding hydrogens is 428 g/mol. The van der Waals surface area contributed by atoms with E-state index in [0.717, 1.165) is 30.3 Å². The first-order chi connectivity index (χ1) is 15.1. The third-order valence-electron chi connectivity index (χ3n) is 5.19. The van der Waals surface area contributed by atoms with Gasteiger partial charge in [-0.1, -0.05) is 0 Å². The van der Waals surface area contributed by atoms with Crippen LogP contribution in [0.5, 0.6) is 28.7 Å². The number of ether oxygens (including phenoxy) is 2. The van der Waals surface area contributed by atoms with Crippen molar-refractivity contribution >= 4 is 11.0 Å². The van der Waals surface area contributed by atoms with Crippen molar-refractivity contribution in [2.75, 3.05) is 0 Å². The average Bonchev–Trinajstić information content (AvgIpc) is 2.71. The molecule has 0 spiro atoms. The molecule has 2 aromatic carbocycles. The van der Waals surface area contributed by atoms with Gasteiger partial charge in [0.05, 0.1) is 11.7 Å². The summed E-state index contributed by atoms with van der Waals surface area (Å²) in [6.07, 6.45) is -7.00. The highest BCUT2D eigenvalue weighted by Crippen LogP contribution is 2.41. The molecule has 1 aliphatic rings. The summed E-state index contributed by atoms with van der Waals surface area (Å²) in [5.41, 5.74) is -0.880. The fourth-order valence-corrected chi connectivity index (χ4v) is 3.47. The summed E-state index contributed by atoms with van der Waals surface area (Å²) in [4.78, 5) is 12.6. The quantitative estimate of drug-likeness (QED) is 0.276. The van der Waals surface area contributed by atoms with Crippen molar-refractivity contribution in [2.24, 2.45) is 0 Å². The van der Waals surface area contributed by atoms with E-state index in [1.54, 1.807) is 0 Å². The lowest BCUT2D eigenvalue weighted by Gasteiger charge is -2.39. The van der Waals surface area contributed by atoms with E-state index < -0.39 is 53.4 Å². The molecule has 1 saturated heterocycles. The predicted molar refractivity (Wildman–Crippen MR) is 108 cm³/mol. The van der Waals surface area contributed by atoms with Gasteiger partial charge in [0.1, 0.15) is 52.3 Å². The topological polar surface area (TPSA) is 190 Å². The lowest BCUT2D eigenvalue weighted by molar-refractivity contribution is -0.268. The van der Waals surface area contributed by atoms with Gasteiger partial charge in [0, 0.05) is 24.3 Å². The maximum absolute atomic E-state index is 12.6. The number of hydrogen-bond donors (Lipinski definition) is 7.